The van der Waals surface area contributed by atoms with Gasteiger partial charge in [0.05, 0.1) is 18.2 Å². The van der Waals surface area contributed by atoms with Crippen molar-refractivity contribution in [3.63, 3.8) is 0 Å². The first kappa shape index (κ1) is 17.0. The van der Waals surface area contributed by atoms with E-state index in [1.165, 1.54) is 0 Å². The number of hydrogen-bond donors (Lipinski definition) is 2. The van der Waals surface area contributed by atoms with E-state index >= 15 is 0 Å². The smallest absolute Gasteiger partial charge is 0.252 e. The Labute approximate surface area is 142 Å². The fourth-order valence-corrected chi connectivity index (χ4v) is 3.92. The number of nitrogens with zero attached hydrogens (tertiary/aromatic N) is 1. The molecule has 2 aliphatic rings. The summed E-state index contributed by atoms with van der Waals surface area (Å²) < 4.78 is 7.90. The van der Waals surface area contributed by atoms with E-state index in [0.717, 1.165) is 49.2 Å². The van der Waals surface area contributed by atoms with Gasteiger partial charge < -0.3 is 19.9 Å². The van der Waals surface area contributed by atoms with Gasteiger partial charge in [-0.2, -0.15) is 0 Å². The van der Waals surface area contributed by atoms with Gasteiger partial charge in [0, 0.05) is 25.0 Å². The quantitative estimate of drug-likeness (QED) is 0.879. The molecule has 3 heterocycles. The van der Waals surface area contributed by atoms with Gasteiger partial charge >= 0.3 is 0 Å². The van der Waals surface area contributed by atoms with E-state index in [1.54, 1.807) is 7.05 Å². The molecule has 2 amide bonds. The molecule has 1 fully saturated rings. The van der Waals surface area contributed by atoms with E-state index in [2.05, 4.69) is 22.1 Å². The molecular weight excluding hydrogens is 306 g/mol. The molecule has 6 heteroatoms. The van der Waals surface area contributed by atoms with Crippen LogP contribution in [-0.4, -0.2) is 35.6 Å². The van der Waals surface area contributed by atoms with E-state index in [1.807, 2.05) is 13.0 Å². The second-order valence-electron chi connectivity index (χ2n) is 6.98. The largest absolute Gasteiger partial charge is 0.365 e. The second-order valence-corrected chi connectivity index (χ2v) is 6.98. The highest BCUT2D eigenvalue weighted by Crippen LogP contribution is 2.27. The molecular formula is C18H27N3O3. The summed E-state index contributed by atoms with van der Waals surface area (Å²) in [6.45, 7) is 5.40. The molecule has 3 atom stereocenters. The summed E-state index contributed by atoms with van der Waals surface area (Å²) in [5, 5.41) is 5.70. The molecule has 132 valence electrons. The molecule has 2 N–H and O–H groups in total. The number of ether oxygens (including phenoxy) is 1. The van der Waals surface area contributed by atoms with Crippen molar-refractivity contribution in [3.8, 4) is 0 Å². The van der Waals surface area contributed by atoms with Gasteiger partial charge in [-0.25, -0.2) is 0 Å². The van der Waals surface area contributed by atoms with Crippen molar-refractivity contribution in [3.05, 3.63) is 23.0 Å². The van der Waals surface area contributed by atoms with Crippen LogP contribution in [0.25, 0.3) is 0 Å². The lowest BCUT2D eigenvalue weighted by Crippen LogP contribution is -2.37. The molecule has 6 nitrogen and oxygen atoms in total. The standard InChI is InChI=1S/C18H27N3O3/c1-11-8-12(2)24-16(11)18(23)20-10-13-9-14(17(22)19-3)15-6-4-5-7-21(13)15/h9,11-12,16H,4-8,10H2,1-3H3,(H,19,22)(H,20,23). The average molecular weight is 333 g/mol. The minimum atomic E-state index is -0.366. The predicted octanol–water partition coefficient (Wildman–Crippen LogP) is 1.61. The number of carbonyl (C=O) groups excluding carboxylic acids is 2. The lowest BCUT2D eigenvalue weighted by atomic mass is 10.0. The number of carbonyl (C=O) groups is 2. The summed E-state index contributed by atoms with van der Waals surface area (Å²) in [6, 6.07) is 1.92. The maximum atomic E-state index is 12.4. The third-order valence-electron chi connectivity index (χ3n) is 5.11. The number of rotatable bonds is 4. The van der Waals surface area contributed by atoms with Crippen LogP contribution >= 0.6 is 0 Å². The van der Waals surface area contributed by atoms with Gasteiger partial charge in [0.1, 0.15) is 6.10 Å². The Morgan fingerprint density at radius 2 is 2.12 bits per heavy atom. The van der Waals surface area contributed by atoms with Crippen LogP contribution in [0.4, 0.5) is 0 Å². The predicted molar refractivity (Wildman–Crippen MR) is 90.7 cm³/mol. The first-order valence-corrected chi connectivity index (χ1v) is 8.87. The molecule has 3 rings (SSSR count). The van der Waals surface area contributed by atoms with Crippen molar-refractivity contribution in [1.29, 1.82) is 0 Å². The highest BCUT2D eigenvalue weighted by Gasteiger charge is 2.35. The second kappa shape index (κ2) is 6.97. The first-order chi connectivity index (χ1) is 11.5. The van der Waals surface area contributed by atoms with Crippen molar-refractivity contribution in [2.45, 2.75) is 64.8 Å². The molecule has 1 saturated heterocycles. The van der Waals surface area contributed by atoms with Crippen LogP contribution in [0.1, 0.15) is 54.9 Å². The van der Waals surface area contributed by atoms with Crippen molar-refractivity contribution in [1.82, 2.24) is 15.2 Å². The van der Waals surface area contributed by atoms with Crippen LogP contribution in [0.15, 0.2) is 6.07 Å². The first-order valence-electron chi connectivity index (χ1n) is 8.87. The maximum Gasteiger partial charge on any atom is 0.252 e. The van der Waals surface area contributed by atoms with Gasteiger partial charge in [-0.3, -0.25) is 9.59 Å². The van der Waals surface area contributed by atoms with Gasteiger partial charge in [0.15, 0.2) is 0 Å². The highest BCUT2D eigenvalue weighted by atomic mass is 16.5. The Bertz CT molecular complexity index is 638. The van der Waals surface area contributed by atoms with Crippen LogP contribution in [0.2, 0.25) is 0 Å². The molecule has 1 aromatic heterocycles. The number of amides is 2. The normalized spacial score (nSPS) is 26.0. The van der Waals surface area contributed by atoms with Crippen LogP contribution in [0.3, 0.4) is 0 Å². The van der Waals surface area contributed by atoms with Crippen LogP contribution in [0.5, 0.6) is 0 Å². The SMILES string of the molecule is CNC(=O)c1cc(CNC(=O)C2OC(C)CC2C)n2c1CCCC2. The van der Waals surface area contributed by atoms with Crippen molar-refractivity contribution >= 4 is 11.8 Å². The molecule has 0 spiro atoms. The zero-order chi connectivity index (χ0) is 17.3. The molecule has 0 aliphatic carbocycles. The fourth-order valence-electron chi connectivity index (χ4n) is 3.92. The fraction of sp³-hybridized carbons (Fsp3) is 0.667. The van der Waals surface area contributed by atoms with E-state index in [0.29, 0.717) is 6.54 Å². The zero-order valence-corrected chi connectivity index (χ0v) is 14.7. The minimum Gasteiger partial charge on any atom is -0.365 e. The third-order valence-corrected chi connectivity index (χ3v) is 5.11. The minimum absolute atomic E-state index is 0.0557. The number of nitrogens with one attached hydrogen (secondary N) is 2. The highest BCUT2D eigenvalue weighted by molar-refractivity contribution is 5.95. The Morgan fingerprint density at radius 1 is 1.33 bits per heavy atom. The molecule has 2 aliphatic heterocycles. The van der Waals surface area contributed by atoms with E-state index in [9.17, 15) is 9.59 Å². The summed E-state index contributed by atoms with van der Waals surface area (Å²) in [5.41, 5.74) is 2.82. The van der Waals surface area contributed by atoms with Gasteiger partial charge in [0.25, 0.3) is 5.91 Å². The Hall–Kier alpha value is -1.82. The molecule has 0 bridgehead atoms. The molecule has 0 radical (unpaired) electrons. The van der Waals surface area contributed by atoms with Crippen molar-refractivity contribution in [2.75, 3.05) is 7.05 Å². The van der Waals surface area contributed by atoms with Gasteiger partial charge in [-0.05, 0) is 44.6 Å². The topological polar surface area (TPSA) is 72.4 Å². The van der Waals surface area contributed by atoms with Crippen LogP contribution in [-0.2, 0) is 29.0 Å². The summed E-state index contributed by atoms with van der Waals surface area (Å²) in [4.78, 5) is 24.5. The summed E-state index contributed by atoms with van der Waals surface area (Å²) >= 11 is 0. The summed E-state index contributed by atoms with van der Waals surface area (Å²) in [7, 11) is 1.65. The van der Waals surface area contributed by atoms with E-state index in [-0.39, 0.29) is 29.9 Å². The monoisotopic (exact) mass is 333 g/mol. The lowest BCUT2D eigenvalue weighted by Gasteiger charge is -2.20. The number of hydrogen-bond acceptors (Lipinski definition) is 3. The molecule has 3 unspecified atom stereocenters. The Balaban J connectivity index is 1.72. The molecule has 0 saturated carbocycles. The number of fused-ring (bicyclic) bond motifs is 1. The van der Waals surface area contributed by atoms with E-state index in [4.69, 9.17) is 4.74 Å². The van der Waals surface area contributed by atoms with Crippen LogP contribution < -0.4 is 10.6 Å². The average Bonchev–Trinajstić information content (AvgIpc) is 3.12. The molecule has 0 aromatic carbocycles. The zero-order valence-electron chi connectivity index (χ0n) is 14.7. The van der Waals surface area contributed by atoms with Crippen LogP contribution in [0, 0.1) is 5.92 Å². The summed E-state index contributed by atoms with van der Waals surface area (Å²) in [5.74, 6) is 0.127. The van der Waals surface area contributed by atoms with E-state index < -0.39 is 0 Å². The Morgan fingerprint density at radius 3 is 2.79 bits per heavy atom. The number of aromatic nitrogens is 1. The molecule has 24 heavy (non-hydrogen) atoms. The molecule has 1 aromatic rings. The van der Waals surface area contributed by atoms with Gasteiger partial charge in [-0.1, -0.05) is 6.92 Å². The maximum absolute atomic E-state index is 12.4. The van der Waals surface area contributed by atoms with Crippen molar-refractivity contribution in [2.24, 2.45) is 5.92 Å². The lowest BCUT2D eigenvalue weighted by molar-refractivity contribution is -0.133. The van der Waals surface area contributed by atoms with Crippen molar-refractivity contribution < 1.29 is 14.3 Å². The van der Waals surface area contributed by atoms with Gasteiger partial charge in [0.2, 0.25) is 5.91 Å². The third kappa shape index (κ3) is 3.20. The summed E-state index contributed by atoms with van der Waals surface area (Å²) in [6.07, 6.45) is 3.81. The Kier molecular flexibility index (Phi) is 4.94. The van der Waals surface area contributed by atoms with Gasteiger partial charge in [-0.15, -0.1) is 0 Å².